The van der Waals surface area contributed by atoms with E-state index in [1.807, 2.05) is 24.4 Å². The molecule has 0 saturated heterocycles. The van der Waals surface area contributed by atoms with Crippen LogP contribution in [0.25, 0.3) is 0 Å². The van der Waals surface area contributed by atoms with Crippen LogP contribution in [0.5, 0.6) is 0 Å². The largest absolute Gasteiger partial charge is 0.386 e. The molecule has 2 atom stereocenters. The first-order valence-electron chi connectivity index (χ1n) is 7.49. The number of carbonyl (C=O) groups excluding carboxylic acids is 1. The lowest BCUT2D eigenvalue weighted by Gasteiger charge is -2.31. The van der Waals surface area contributed by atoms with Gasteiger partial charge in [0.25, 0.3) is 0 Å². The average molecular weight is 269 g/mol. The van der Waals surface area contributed by atoms with Crippen molar-refractivity contribution in [2.24, 2.45) is 16.7 Å². The highest BCUT2D eigenvalue weighted by Gasteiger charge is 2.63. The van der Waals surface area contributed by atoms with Gasteiger partial charge in [0.05, 0.1) is 0 Å². The lowest BCUT2D eigenvalue weighted by molar-refractivity contribution is -0.125. The third-order valence-corrected chi connectivity index (χ3v) is 5.77. The fourth-order valence-corrected chi connectivity index (χ4v) is 3.97. The van der Waals surface area contributed by atoms with Crippen molar-refractivity contribution >= 4 is 5.78 Å². The summed E-state index contributed by atoms with van der Waals surface area (Å²) in [4.78, 5) is 12.6. The summed E-state index contributed by atoms with van der Waals surface area (Å²) in [5, 5.41) is 3.33. The zero-order valence-corrected chi connectivity index (χ0v) is 12.6. The van der Waals surface area contributed by atoms with E-state index >= 15 is 0 Å². The van der Waals surface area contributed by atoms with E-state index in [0.717, 1.165) is 25.0 Å². The van der Waals surface area contributed by atoms with E-state index < -0.39 is 0 Å². The number of rotatable bonds is 3. The molecule has 106 valence electrons. The predicted octanol–water partition coefficient (Wildman–Crippen LogP) is 3.69. The van der Waals surface area contributed by atoms with Crippen LogP contribution >= 0.6 is 0 Å². The Labute approximate surface area is 121 Å². The lowest BCUT2D eigenvalue weighted by atomic mass is 9.70. The number of Topliss-reactive ketones (excluding diaryl/α,β-unsaturated/α-hetero) is 1. The van der Waals surface area contributed by atoms with Gasteiger partial charge in [-0.2, -0.15) is 0 Å². The smallest absolute Gasteiger partial charge is 0.167 e. The molecule has 0 radical (unpaired) electrons. The molecule has 0 spiro atoms. The van der Waals surface area contributed by atoms with Crippen LogP contribution in [-0.2, 0) is 11.3 Å². The SMILES string of the molecule is CC12CCC(/C(=C/NCc3ccccc3)C1=O)C2(C)C. The summed E-state index contributed by atoms with van der Waals surface area (Å²) in [6.07, 6.45) is 4.17. The second kappa shape index (κ2) is 4.47. The van der Waals surface area contributed by atoms with Crippen molar-refractivity contribution in [2.45, 2.75) is 40.2 Å². The molecule has 2 aliphatic carbocycles. The molecule has 3 rings (SSSR count). The number of allylic oxidation sites excluding steroid dienone is 1. The normalized spacial score (nSPS) is 32.9. The van der Waals surface area contributed by atoms with Crippen LogP contribution in [0.1, 0.15) is 39.2 Å². The van der Waals surface area contributed by atoms with E-state index in [1.54, 1.807) is 0 Å². The van der Waals surface area contributed by atoms with Gasteiger partial charge in [0, 0.05) is 23.7 Å². The molecule has 20 heavy (non-hydrogen) atoms. The van der Waals surface area contributed by atoms with Crippen molar-refractivity contribution in [3.8, 4) is 0 Å². The van der Waals surface area contributed by atoms with Gasteiger partial charge in [-0.3, -0.25) is 4.79 Å². The molecule has 0 aromatic heterocycles. The maximum atomic E-state index is 12.6. The second-order valence-corrected chi connectivity index (χ2v) is 6.94. The number of benzene rings is 1. The molecule has 1 aromatic rings. The lowest BCUT2D eigenvalue weighted by Crippen LogP contribution is -2.32. The van der Waals surface area contributed by atoms with Crippen molar-refractivity contribution in [2.75, 3.05) is 0 Å². The molecule has 0 aliphatic heterocycles. The number of hydrogen-bond acceptors (Lipinski definition) is 2. The van der Waals surface area contributed by atoms with Gasteiger partial charge in [0.2, 0.25) is 0 Å². The number of fused-ring (bicyclic) bond motifs is 2. The monoisotopic (exact) mass is 269 g/mol. The van der Waals surface area contributed by atoms with Crippen LogP contribution in [0.4, 0.5) is 0 Å². The molecule has 2 heteroatoms. The summed E-state index contributed by atoms with van der Waals surface area (Å²) >= 11 is 0. The Hall–Kier alpha value is -1.57. The maximum absolute atomic E-state index is 12.6. The molecule has 2 bridgehead atoms. The highest BCUT2D eigenvalue weighted by Crippen LogP contribution is 2.65. The molecule has 1 aromatic carbocycles. The molecule has 0 amide bonds. The van der Waals surface area contributed by atoms with Gasteiger partial charge in [0.1, 0.15) is 0 Å². The van der Waals surface area contributed by atoms with Gasteiger partial charge in [0.15, 0.2) is 5.78 Å². The van der Waals surface area contributed by atoms with Crippen molar-refractivity contribution in [3.63, 3.8) is 0 Å². The predicted molar refractivity (Wildman–Crippen MR) is 81.0 cm³/mol. The molecular formula is C18H23NO. The Morgan fingerprint density at radius 1 is 1.25 bits per heavy atom. The third kappa shape index (κ3) is 1.74. The Kier molecular flexibility index (Phi) is 3.00. The quantitative estimate of drug-likeness (QED) is 0.848. The van der Waals surface area contributed by atoms with Crippen LogP contribution in [-0.4, -0.2) is 5.78 Å². The van der Waals surface area contributed by atoms with Gasteiger partial charge in [-0.15, -0.1) is 0 Å². The number of nitrogens with one attached hydrogen (secondary N) is 1. The molecule has 2 fully saturated rings. The Bertz CT molecular complexity index is 558. The average Bonchev–Trinajstić information content (AvgIpc) is 2.74. The van der Waals surface area contributed by atoms with Crippen molar-refractivity contribution in [1.29, 1.82) is 0 Å². The Morgan fingerprint density at radius 2 is 1.95 bits per heavy atom. The van der Waals surface area contributed by atoms with Crippen LogP contribution in [0.2, 0.25) is 0 Å². The van der Waals surface area contributed by atoms with Crippen LogP contribution in [0, 0.1) is 16.7 Å². The van der Waals surface area contributed by atoms with Gasteiger partial charge in [-0.25, -0.2) is 0 Å². The van der Waals surface area contributed by atoms with E-state index in [1.165, 1.54) is 5.56 Å². The minimum Gasteiger partial charge on any atom is -0.386 e. The number of carbonyl (C=O) groups is 1. The van der Waals surface area contributed by atoms with Gasteiger partial charge >= 0.3 is 0 Å². The summed E-state index contributed by atoms with van der Waals surface area (Å²) in [5.74, 6) is 0.780. The van der Waals surface area contributed by atoms with Crippen LogP contribution < -0.4 is 5.32 Å². The fourth-order valence-electron chi connectivity index (χ4n) is 3.97. The summed E-state index contributed by atoms with van der Waals surface area (Å²) in [6.45, 7) is 7.43. The minimum absolute atomic E-state index is 0.102. The number of ketones is 1. The molecule has 2 aliphatic rings. The van der Waals surface area contributed by atoms with Crippen molar-refractivity contribution in [3.05, 3.63) is 47.7 Å². The Morgan fingerprint density at radius 3 is 2.55 bits per heavy atom. The summed E-state index contributed by atoms with van der Waals surface area (Å²) in [6, 6.07) is 10.3. The summed E-state index contributed by atoms with van der Waals surface area (Å²) < 4.78 is 0. The van der Waals surface area contributed by atoms with Crippen molar-refractivity contribution < 1.29 is 4.79 Å². The van der Waals surface area contributed by atoms with Gasteiger partial charge < -0.3 is 5.32 Å². The molecular weight excluding hydrogens is 246 g/mol. The summed E-state index contributed by atoms with van der Waals surface area (Å²) in [5.41, 5.74) is 2.20. The molecule has 2 saturated carbocycles. The summed E-state index contributed by atoms with van der Waals surface area (Å²) in [7, 11) is 0. The van der Waals surface area contributed by atoms with Gasteiger partial charge in [-0.1, -0.05) is 51.1 Å². The Balaban J connectivity index is 1.76. The third-order valence-electron chi connectivity index (χ3n) is 5.77. The zero-order chi connectivity index (χ0) is 14.4. The van der Waals surface area contributed by atoms with E-state index in [-0.39, 0.29) is 10.8 Å². The topological polar surface area (TPSA) is 29.1 Å². The first-order valence-corrected chi connectivity index (χ1v) is 7.49. The maximum Gasteiger partial charge on any atom is 0.167 e. The van der Waals surface area contributed by atoms with E-state index in [9.17, 15) is 4.79 Å². The first-order chi connectivity index (χ1) is 9.47. The van der Waals surface area contributed by atoms with Crippen LogP contribution in [0.15, 0.2) is 42.1 Å². The van der Waals surface area contributed by atoms with Gasteiger partial charge in [-0.05, 0) is 29.7 Å². The second-order valence-electron chi connectivity index (χ2n) is 6.94. The molecule has 2 nitrogen and oxygen atoms in total. The molecule has 0 heterocycles. The molecule has 1 N–H and O–H groups in total. The van der Waals surface area contributed by atoms with E-state index in [0.29, 0.717) is 11.7 Å². The van der Waals surface area contributed by atoms with E-state index in [4.69, 9.17) is 0 Å². The van der Waals surface area contributed by atoms with E-state index in [2.05, 4.69) is 38.2 Å². The highest BCUT2D eigenvalue weighted by atomic mass is 16.1. The van der Waals surface area contributed by atoms with Crippen molar-refractivity contribution in [1.82, 2.24) is 5.32 Å². The molecule has 2 unspecified atom stereocenters. The number of hydrogen-bond donors (Lipinski definition) is 1. The first kappa shape index (κ1) is 13.4. The highest BCUT2D eigenvalue weighted by molar-refractivity contribution is 6.04. The minimum atomic E-state index is -0.155. The zero-order valence-electron chi connectivity index (χ0n) is 12.6. The standard InChI is InChI=1S/C18H23NO/c1-17(2)15-9-10-18(17,3)16(20)14(15)12-19-11-13-7-5-4-6-8-13/h4-8,12,15,19H,9-11H2,1-3H3/b14-12-. The fraction of sp³-hybridized carbons (Fsp3) is 0.500. The van der Waals surface area contributed by atoms with Crippen LogP contribution in [0.3, 0.4) is 0 Å².